The van der Waals surface area contributed by atoms with Gasteiger partial charge >= 0.3 is 0 Å². The summed E-state index contributed by atoms with van der Waals surface area (Å²) in [5.74, 6) is 0.772. The molecule has 4 nitrogen and oxygen atoms in total. The largest absolute Gasteiger partial charge is 0.497 e. The lowest BCUT2D eigenvalue weighted by molar-refractivity contribution is -0.121. The lowest BCUT2D eigenvalue weighted by atomic mass is 10.1. The van der Waals surface area contributed by atoms with Crippen LogP contribution in [-0.4, -0.2) is 30.8 Å². The Balaban J connectivity index is 2.31. The number of rotatable bonds is 6. The molecule has 0 unspecified atom stereocenters. The van der Waals surface area contributed by atoms with Crippen molar-refractivity contribution in [3.8, 4) is 5.75 Å². The van der Waals surface area contributed by atoms with Crippen LogP contribution in [0.25, 0.3) is 0 Å². The van der Waals surface area contributed by atoms with E-state index >= 15 is 0 Å². The molecule has 0 spiro atoms. The van der Waals surface area contributed by atoms with Crippen LogP contribution in [0.2, 0.25) is 0 Å². The minimum atomic E-state index is -0.500. The maximum atomic E-state index is 11.4. The molecule has 0 aliphatic heterocycles. The Bertz CT molecular complexity index is 346. The molecule has 2 N–H and O–H groups in total. The average Bonchev–Trinajstić information content (AvgIpc) is 2.34. The Labute approximate surface area is 102 Å². The van der Waals surface area contributed by atoms with Gasteiger partial charge in [-0.25, -0.2) is 0 Å². The summed E-state index contributed by atoms with van der Waals surface area (Å²) in [4.78, 5) is 11.4. The SMILES string of the molecule is COc1ccc(CCC(=O)NC[C@H](C)O)cc1. The van der Waals surface area contributed by atoms with Gasteiger partial charge in [0.2, 0.25) is 5.91 Å². The highest BCUT2D eigenvalue weighted by molar-refractivity contribution is 5.76. The van der Waals surface area contributed by atoms with Crippen LogP contribution in [-0.2, 0) is 11.2 Å². The third-order valence-electron chi connectivity index (χ3n) is 2.39. The number of aryl methyl sites for hydroxylation is 1. The van der Waals surface area contributed by atoms with E-state index in [2.05, 4.69) is 5.32 Å². The van der Waals surface area contributed by atoms with Gasteiger partial charge in [-0.2, -0.15) is 0 Å². The summed E-state index contributed by atoms with van der Waals surface area (Å²) in [7, 11) is 1.62. The van der Waals surface area contributed by atoms with Crippen molar-refractivity contribution in [3.05, 3.63) is 29.8 Å². The smallest absolute Gasteiger partial charge is 0.220 e. The standard InChI is InChI=1S/C13H19NO3/c1-10(15)9-14-13(16)8-5-11-3-6-12(17-2)7-4-11/h3-4,6-7,10,15H,5,8-9H2,1-2H3,(H,14,16)/t10-/m0/s1. The third-order valence-corrected chi connectivity index (χ3v) is 2.39. The van der Waals surface area contributed by atoms with Crippen molar-refractivity contribution < 1.29 is 14.6 Å². The van der Waals surface area contributed by atoms with Gasteiger partial charge < -0.3 is 15.2 Å². The predicted molar refractivity (Wildman–Crippen MR) is 66.0 cm³/mol. The molecule has 1 aromatic carbocycles. The minimum absolute atomic E-state index is 0.0401. The number of amides is 1. The van der Waals surface area contributed by atoms with Crippen molar-refractivity contribution >= 4 is 5.91 Å². The zero-order chi connectivity index (χ0) is 12.7. The first-order chi connectivity index (χ1) is 8.11. The van der Waals surface area contributed by atoms with Gasteiger partial charge in [0.15, 0.2) is 0 Å². The summed E-state index contributed by atoms with van der Waals surface area (Å²) in [6.45, 7) is 1.95. The number of methoxy groups -OCH3 is 1. The van der Waals surface area contributed by atoms with E-state index in [-0.39, 0.29) is 5.91 Å². The second kappa shape index (κ2) is 6.91. The van der Waals surface area contributed by atoms with Gasteiger partial charge in [-0.05, 0) is 31.0 Å². The fraction of sp³-hybridized carbons (Fsp3) is 0.462. The van der Waals surface area contributed by atoms with Gasteiger partial charge in [-0.1, -0.05) is 12.1 Å². The van der Waals surface area contributed by atoms with E-state index in [1.54, 1.807) is 14.0 Å². The van der Waals surface area contributed by atoms with Crippen molar-refractivity contribution in [2.75, 3.05) is 13.7 Å². The molecular weight excluding hydrogens is 218 g/mol. The Hall–Kier alpha value is -1.55. The Morgan fingerprint density at radius 3 is 2.59 bits per heavy atom. The fourth-order valence-corrected chi connectivity index (χ4v) is 1.40. The number of carbonyl (C=O) groups is 1. The molecule has 1 atom stereocenters. The number of ether oxygens (including phenoxy) is 1. The average molecular weight is 237 g/mol. The van der Waals surface area contributed by atoms with Crippen LogP contribution < -0.4 is 10.1 Å². The number of nitrogens with one attached hydrogen (secondary N) is 1. The first kappa shape index (κ1) is 13.5. The molecular formula is C13H19NO3. The Kier molecular flexibility index (Phi) is 5.49. The molecule has 0 fully saturated rings. The summed E-state index contributed by atoms with van der Waals surface area (Å²) < 4.78 is 5.05. The fourth-order valence-electron chi connectivity index (χ4n) is 1.40. The molecule has 0 aliphatic carbocycles. The van der Waals surface area contributed by atoms with Gasteiger partial charge in [0.25, 0.3) is 0 Å². The maximum absolute atomic E-state index is 11.4. The Morgan fingerprint density at radius 2 is 2.06 bits per heavy atom. The first-order valence-electron chi connectivity index (χ1n) is 5.69. The quantitative estimate of drug-likeness (QED) is 0.779. The number of hydrogen-bond acceptors (Lipinski definition) is 3. The van der Waals surface area contributed by atoms with E-state index in [1.807, 2.05) is 24.3 Å². The van der Waals surface area contributed by atoms with Gasteiger partial charge in [-0.3, -0.25) is 4.79 Å². The highest BCUT2D eigenvalue weighted by Crippen LogP contribution is 2.12. The molecule has 0 saturated carbocycles. The van der Waals surface area contributed by atoms with Gasteiger partial charge in [0.05, 0.1) is 13.2 Å². The molecule has 17 heavy (non-hydrogen) atoms. The third kappa shape index (κ3) is 5.36. The molecule has 0 bridgehead atoms. The number of aliphatic hydroxyl groups excluding tert-OH is 1. The van der Waals surface area contributed by atoms with Gasteiger partial charge in [-0.15, -0.1) is 0 Å². The van der Waals surface area contributed by atoms with Crippen LogP contribution in [0.5, 0.6) is 5.75 Å². The van der Waals surface area contributed by atoms with Crippen molar-refractivity contribution in [1.82, 2.24) is 5.32 Å². The van der Waals surface area contributed by atoms with Crippen LogP contribution >= 0.6 is 0 Å². The van der Waals surface area contributed by atoms with Crippen LogP contribution in [0.4, 0.5) is 0 Å². The summed E-state index contributed by atoms with van der Waals surface area (Å²) >= 11 is 0. The summed E-state index contributed by atoms with van der Waals surface area (Å²) in [6, 6.07) is 7.65. The molecule has 1 amide bonds. The first-order valence-corrected chi connectivity index (χ1v) is 5.69. The summed E-state index contributed by atoms with van der Waals surface area (Å²) in [5.41, 5.74) is 1.10. The molecule has 0 saturated heterocycles. The van der Waals surface area contributed by atoms with Gasteiger partial charge in [0.1, 0.15) is 5.75 Å². The van der Waals surface area contributed by atoms with E-state index in [0.29, 0.717) is 19.4 Å². The Morgan fingerprint density at radius 1 is 1.41 bits per heavy atom. The molecule has 0 aromatic heterocycles. The second-order valence-electron chi connectivity index (χ2n) is 4.00. The van der Waals surface area contributed by atoms with Crippen LogP contribution in [0.3, 0.4) is 0 Å². The number of carbonyl (C=O) groups excluding carboxylic acids is 1. The second-order valence-corrected chi connectivity index (χ2v) is 4.00. The maximum Gasteiger partial charge on any atom is 0.220 e. The molecule has 94 valence electrons. The molecule has 0 aliphatic rings. The molecule has 1 aromatic rings. The van der Waals surface area contributed by atoms with E-state index in [0.717, 1.165) is 11.3 Å². The number of benzene rings is 1. The zero-order valence-corrected chi connectivity index (χ0v) is 10.3. The van der Waals surface area contributed by atoms with Crippen molar-refractivity contribution in [3.63, 3.8) is 0 Å². The zero-order valence-electron chi connectivity index (χ0n) is 10.3. The summed E-state index contributed by atoms with van der Waals surface area (Å²) in [5, 5.41) is 11.7. The van der Waals surface area contributed by atoms with Gasteiger partial charge in [0, 0.05) is 13.0 Å². The topological polar surface area (TPSA) is 58.6 Å². The molecule has 1 rings (SSSR count). The van der Waals surface area contributed by atoms with Crippen molar-refractivity contribution in [2.24, 2.45) is 0 Å². The van der Waals surface area contributed by atoms with E-state index in [9.17, 15) is 4.79 Å². The summed E-state index contributed by atoms with van der Waals surface area (Å²) in [6.07, 6.45) is 0.620. The predicted octanol–water partition coefficient (Wildman–Crippen LogP) is 1.12. The van der Waals surface area contributed by atoms with Crippen LogP contribution in [0, 0.1) is 0 Å². The number of aliphatic hydroxyl groups is 1. The highest BCUT2D eigenvalue weighted by atomic mass is 16.5. The molecule has 0 heterocycles. The number of hydrogen-bond donors (Lipinski definition) is 2. The van der Waals surface area contributed by atoms with Crippen molar-refractivity contribution in [2.45, 2.75) is 25.9 Å². The van der Waals surface area contributed by atoms with E-state index < -0.39 is 6.10 Å². The lowest BCUT2D eigenvalue weighted by Gasteiger charge is -2.07. The van der Waals surface area contributed by atoms with Crippen LogP contribution in [0.15, 0.2) is 24.3 Å². The van der Waals surface area contributed by atoms with Crippen molar-refractivity contribution in [1.29, 1.82) is 0 Å². The van der Waals surface area contributed by atoms with E-state index in [1.165, 1.54) is 0 Å². The monoisotopic (exact) mass is 237 g/mol. The normalized spacial score (nSPS) is 11.9. The van der Waals surface area contributed by atoms with E-state index in [4.69, 9.17) is 9.84 Å². The lowest BCUT2D eigenvalue weighted by Crippen LogP contribution is -2.30. The highest BCUT2D eigenvalue weighted by Gasteiger charge is 2.03. The van der Waals surface area contributed by atoms with Crippen LogP contribution in [0.1, 0.15) is 18.9 Å². The molecule has 0 radical (unpaired) electrons. The minimum Gasteiger partial charge on any atom is -0.497 e. The molecule has 4 heteroatoms.